The zero-order valence-electron chi connectivity index (χ0n) is 21.2. The van der Waals surface area contributed by atoms with Crippen LogP contribution in [0.15, 0.2) is 18.5 Å². The van der Waals surface area contributed by atoms with E-state index in [-0.39, 0.29) is 24.8 Å². The van der Waals surface area contributed by atoms with Crippen molar-refractivity contribution in [3.05, 3.63) is 35.3 Å². The van der Waals surface area contributed by atoms with Gasteiger partial charge in [0.2, 0.25) is 0 Å². The van der Waals surface area contributed by atoms with Crippen molar-refractivity contribution in [1.82, 2.24) is 29.5 Å². The third-order valence-electron chi connectivity index (χ3n) is 6.31. The van der Waals surface area contributed by atoms with Gasteiger partial charge in [-0.15, -0.1) is 5.10 Å². The van der Waals surface area contributed by atoms with Crippen molar-refractivity contribution in [1.29, 1.82) is 0 Å². The number of ether oxygens (including phenoxy) is 1. The lowest BCUT2D eigenvalue weighted by Gasteiger charge is -2.36. The first kappa shape index (κ1) is 21.9. The molecule has 0 unspecified atom stereocenters. The second-order valence-corrected chi connectivity index (χ2v) is 9.14. The summed E-state index contributed by atoms with van der Waals surface area (Å²) in [4.78, 5) is 18.2. The molecule has 2 N–H and O–H groups in total. The molecule has 0 amide bonds. The minimum atomic E-state index is -0.254. The molecule has 0 bridgehead atoms. The highest BCUT2D eigenvalue weighted by Crippen LogP contribution is 2.25. The highest BCUT2D eigenvalue weighted by Gasteiger charge is 2.22. The van der Waals surface area contributed by atoms with Gasteiger partial charge in [-0.3, -0.25) is 0 Å². The Morgan fingerprint density at radius 3 is 2.73 bits per heavy atom. The van der Waals surface area contributed by atoms with Crippen LogP contribution in [0.5, 0.6) is 6.01 Å². The predicted molar refractivity (Wildman–Crippen MR) is 131 cm³/mol. The Kier molecular flexibility index (Phi) is 6.57. The van der Waals surface area contributed by atoms with E-state index in [0.717, 1.165) is 55.8 Å². The Bertz CT molecular complexity index is 1110. The number of hydrogen-bond donors (Lipinski definition) is 1. The van der Waals surface area contributed by atoms with E-state index in [2.05, 4.69) is 58.9 Å². The number of aryl methyl sites for hydroxylation is 1. The fraction of sp³-hybridized carbons (Fsp3) is 0.583. The Hall–Kier alpha value is -2.94. The summed E-state index contributed by atoms with van der Waals surface area (Å²) in [6, 6.07) is 3.02. The molecule has 178 valence electrons. The average molecular weight is 454 g/mol. The number of nitrogens with two attached hydrogens (primary N) is 1. The Morgan fingerprint density at radius 2 is 2.06 bits per heavy atom. The van der Waals surface area contributed by atoms with Crippen LogP contribution >= 0.6 is 0 Å². The smallest absolute Gasteiger partial charge is 0.336 e. The molecule has 9 heteroatoms. The average Bonchev–Trinajstić information content (AvgIpc) is 3.22. The van der Waals surface area contributed by atoms with Crippen molar-refractivity contribution in [2.45, 2.75) is 65.0 Å². The van der Waals surface area contributed by atoms with E-state index in [0.29, 0.717) is 18.1 Å². The first-order valence-electron chi connectivity index (χ1n) is 12.4. The summed E-state index contributed by atoms with van der Waals surface area (Å²) in [5, 5.41) is 4.52. The zero-order chi connectivity index (χ0) is 24.2. The quantitative estimate of drug-likeness (QED) is 0.556. The van der Waals surface area contributed by atoms with Crippen LogP contribution in [0.4, 0.5) is 11.6 Å². The van der Waals surface area contributed by atoms with Gasteiger partial charge in [-0.2, -0.15) is 4.98 Å². The molecule has 3 aromatic heterocycles. The maximum atomic E-state index is 7.69. The van der Waals surface area contributed by atoms with Crippen molar-refractivity contribution in [3.8, 4) is 6.01 Å². The van der Waals surface area contributed by atoms with Crippen molar-refractivity contribution >= 4 is 17.3 Å². The second-order valence-electron chi connectivity index (χ2n) is 9.14. The highest BCUT2D eigenvalue weighted by atomic mass is 16.5. The first-order valence-corrected chi connectivity index (χ1v) is 11.7. The number of anilines is 2. The van der Waals surface area contributed by atoms with Crippen LogP contribution < -0.4 is 15.4 Å². The molecule has 9 nitrogen and oxygen atoms in total. The molecular formula is C24H36N8O. The van der Waals surface area contributed by atoms with Crippen LogP contribution in [-0.2, 0) is 6.42 Å². The zero-order valence-corrected chi connectivity index (χ0v) is 20.2. The van der Waals surface area contributed by atoms with Crippen LogP contribution in [0.2, 0.25) is 0 Å². The fourth-order valence-corrected chi connectivity index (χ4v) is 4.49. The number of rotatable bonds is 8. The van der Waals surface area contributed by atoms with Crippen LogP contribution in [-0.4, -0.2) is 68.8 Å². The molecule has 0 aromatic carbocycles. The number of hydrogen-bond acceptors (Lipinski definition) is 8. The largest absolute Gasteiger partial charge is 0.459 e. The van der Waals surface area contributed by atoms with Gasteiger partial charge in [0.05, 0.1) is 18.0 Å². The van der Waals surface area contributed by atoms with Crippen molar-refractivity contribution in [3.63, 3.8) is 0 Å². The normalized spacial score (nSPS) is 16.4. The fourth-order valence-electron chi connectivity index (χ4n) is 4.49. The van der Waals surface area contributed by atoms with Gasteiger partial charge >= 0.3 is 6.01 Å². The van der Waals surface area contributed by atoms with E-state index in [1.165, 1.54) is 5.56 Å². The molecule has 1 aliphatic rings. The van der Waals surface area contributed by atoms with Gasteiger partial charge in [-0.05, 0) is 58.3 Å². The highest BCUT2D eigenvalue weighted by molar-refractivity contribution is 5.60. The summed E-state index contributed by atoms with van der Waals surface area (Å²) in [6.07, 6.45) is 8.08. The van der Waals surface area contributed by atoms with Gasteiger partial charge in [-0.25, -0.2) is 14.5 Å². The van der Waals surface area contributed by atoms with Crippen LogP contribution in [0.25, 0.3) is 5.65 Å². The molecule has 4 heterocycles. The van der Waals surface area contributed by atoms with Crippen LogP contribution in [0, 0.1) is 6.92 Å². The summed E-state index contributed by atoms with van der Waals surface area (Å²) < 4.78 is 15.2. The SMILES string of the molecule is [2H]C[C@H](CCC)Oc1nc(N)c2ncc(Cc3cnc(N4CCC(N(C)C)CC4)c(C)c3)n2n1. The molecule has 1 atom stereocenters. The molecule has 1 aliphatic heterocycles. The monoisotopic (exact) mass is 453 g/mol. The number of imidazole rings is 1. The number of nitrogen functional groups attached to an aromatic ring is 1. The van der Waals surface area contributed by atoms with Gasteiger partial charge in [0.25, 0.3) is 0 Å². The Morgan fingerprint density at radius 1 is 1.27 bits per heavy atom. The van der Waals surface area contributed by atoms with Gasteiger partial charge in [0, 0.05) is 33.1 Å². The third kappa shape index (κ3) is 5.19. The maximum absolute atomic E-state index is 7.69. The molecule has 0 radical (unpaired) electrons. The molecule has 1 saturated heterocycles. The Labute approximate surface area is 197 Å². The molecule has 1 fully saturated rings. The van der Waals surface area contributed by atoms with Crippen LogP contribution in [0.3, 0.4) is 0 Å². The van der Waals surface area contributed by atoms with Gasteiger partial charge in [0.1, 0.15) is 5.82 Å². The topological polar surface area (TPSA) is 97.7 Å². The first-order chi connectivity index (χ1) is 16.4. The number of pyridine rings is 1. The summed E-state index contributed by atoms with van der Waals surface area (Å²) >= 11 is 0. The summed E-state index contributed by atoms with van der Waals surface area (Å²) in [5.41, 5.74) is 9.77. The van der Waals surface area contributed by atoms with E-state index in [1.807, 2.05) is 6.20 Å². The maximum Gasteiger partial charge on any atom is 0.336 e. The van der Waals surface area contributed by atoms with E-state index < -0.39 is 0 Å². The predicted octanol–water partition coefficient (Wildman–Crippen LogP) is 3.10. The number of fused-ring (bicyclic) bond motifs is 1. The molecule has 3 aromatic rings. The van der Waals surface area contributed by atoms with E-state index in [1.54, 1.807) is 10.7 Å². The summed E-state index contributed by atoms with van der Waals surface area (Å²) in [5.74, 6) is 1.33. The van der Waals surface area contributed by atoms with E-state index in [9.17, 15) is 0 Å². The van der Waals surface area contributed by atoms with Crippen molar-refractivity contribution in [2.75, 3.05) is 37.8 Å². The Balaban J connectivity index is 1.51. The molecule has 4 rings (SSSR count). The minimum Gasteiger partial charge on any atom is -0.459 e. The van der Waals surface area contributed by atoms with E-state index in [4.69, 9.17) is 16.8 Å². The number of nitrogens with zero attached hydrogens (tertiary/aromatic N) is 7. The molecule has 33 heavy (non-hydrogen) atoms. The third-order valence-corrected chi connectivity index (χ3v) is 6.31. The standard InChI is InChI=1S/C24H36N8O/c1-6-7-17(3)33-24-28-21(25)23-27-15-20(32(23)29-24)13-18-12-16(2)22(26-14-18)31-10-8-19(9-11-31)30(4)5/h12,14-15,17,19H,6-11,13H2,1-5H3,(H2,25,28,29)/t17-/m1/s1/i3D. The van der Waals surface area contributed by atoms with Gasteiger partial charge in [0.15, 0.2) is 11.5 Å². The van der Waals surface area contributed by atoms with Crippen molar-refractivity contribution in [2.24, 2.45) is 0 Å². The number of piperidine rings is 1. The number of aromatic nitrogens is 5. The molecule has 0 saturated carbocycles. The molecular weight excluding hydrogens is 416 g/mol. The lowest BCUT2D eigenvalue weighted by Crippen LogP contribution is -2.42. The molecule has 0 spiro atoms. The second kappa shape index (κ2) is 9.91. The summed E-state index contributed by atoms with van der Waals surface area (Å²) in [6.45, 7) is 6.39. The van der Waals surface area contributed by atoms with Gasteiger partial charge in [-0.1, -0.05) is 19.4 Å². The summed E-state index contributed by atoms with van der Waals surface area (Å²) in [7, 11) is 4.32. The minimum absolute atomic E-state index is 0.149. The van der Waals surface area contributed by atoms with Crippen LogP contribution in [0.1, 0.15) is 57.7 Å². The lowest BCUT2D eigenvalue weighted by atomic mass is 10.0. The van der Waals surface area contributed by atoms with Crippen molar-refractivity contribution < 1.29 is 6.11 Å². The lowest BCUT2D eigenvalue weighted by molar-refractivity contribution is 0.189. The van der Waals surface area contributed by atoms with E-state index >= 15 is 0 Å². The molecule has 0 aliphatic carbocycles. The van der Waals surface area contributed by atoms with Gasteiger partial charge < -0.3 is 20.3 Å².